The molecule has 3 aromatic rings. The summed E-state index contributed by atoms with van der Waals surface area (Å²) in [5, 5.41) is 8.71. The number of amides is 1. The van der Waals surface area contributed by atoms with E-state index in [1.807, 2.05) is 42.5 Å². The fourth-order valence-electron chi connectivity index (χ4n) is 3.45. The molecule has 1 atom stereocenters. The molecule has 170 valence electrons. The van der Waals surface area contributed by atoms with Gasteiger partial charge in [-0.1, -0.05) is 42.5 Å². The highest BCUT2D eigenvalue weighted by Gasteiger charge is 2.33. The molecule has 1 N–H and O–H groups in total. The maximum absolute atomic E-state index is 13.4. The van der Waals surface area contributed by atoms with Crippen LogP contribution in [0.2, 0.25) is 0 Å². The molecule has 1 saturated carbocycles. The molecular weight excluding hydrogens is 418 g/mol. The molecule has 2 aromatic carbocycles. The van der Waals surface area contributed by atoms with Gasteiger partial charge in [0.2, 0.25) is 0 Å². The van der Waals surface area contributed by atoms with Gasteiger partial charge in [0, 0.05) is 35.7 Å². The monoisotopic (exact) mass is 446 g/mol. The van der Waals surface area contributed by atoms with E-state index < -0.39 is 12.5 Å². The number of para-hydroxylation sites is 1. The second-order valence-corrected chi connectivity index (χ2v) is 7.88. The Bertz CT molecular complexity index is 1140. The Labute approximate surface area is 194 Å². The minimum Gasteiger partial charge on any atom is -0.489 e. The molecule has 0 spiro atoms. The average molecular weight is 447 g/mol. The van der Waals surface area contributed by atoms with Crippen molar-refractivity contribution < 1.29 is 25.2 Å². The lowest BCUT2D eigenvalue weighted by atomic mass is 10.1. The number of allylic oxidation sites excluding steroid dienone is 1. The Morgan fingerprint density at radius 1 is 1.09 bits per heavy atom. The Morgan fingerprint density at radius 2 is 1.88 bits per heavy atom. The minimum atomic E-state index is -0.906. The van der Waals surface area contributed by atoms with Crippen LogP contribution in [-0.2, 0) is 11.3 Å². The Balaban J connectivity index is 1.47. The second kappa shape index (κ2) is 10.7. The Hall–Kier alpha value is -3.80. The molecule has 6 heteroatoms. The SMILES string of the molecule is [2H]C(c1ccccc1OC/C=C\CCC(=O)O)N(C(=O)c1ccc(-c2ccco2)cc1)C1CC1. The number of furan rings is 1. The van der Waals surface area contributed by atoms with Crippen molar-refractivity contribution in [3.63, 3.8) is 0 Å². The third kappa shape index (κ3) is 6.13. The van der Waals surface area contributed by atoms with E-state index in [2.05, 4.69) is 0 Å². The molecule has 0 aliphatic heterocycles. The van der Waals surface area contributed by atoms with Crippen LogP contribution in [0.1, 0.15) is 43.0 Å². The van der Waals surface area contributed by atoms with E-state index in [0.717, 1.165) is 24.2 Å². The van der Waals surface area contributed by atoms with Gasteiger partial charge in [-0.3, -0.25) is 9.59 Å². The smallest absolute Gasteiger partial charge is 0.303 e. The van der Waals surface area contributed by atoms with Crippen LogP contribution in [-0.4, -0.2) is 34.5 Å². The summed E-state index contributed by atoms with van der Waals surface area (Å²) in [5.74, 6) is 0.252. The van der Waals surface area contributed by atoms with E-state index in [9.17, 15) is 9.59 Å². The van der Waals surface area contributed by atoms with Gasteiger partial charge in [-0.15, -0.1) is 0 Å². The zero-order valence-corrected chi connectivity index (χ0v) is 18.2. The third-order valence-corrected chi connectivity index (χ3v) is 5.34. The van der Waals surface area contributed by atoms with Gasteiger partial charge in [0.05, 0.1) is 7.63 Å². The van der Waals surface area contributed by atoms with Gasteiger partial charge >= 0.3 is 5.97 Å². The van der Waals surface area contributed by atoms with Crippen molar-refractivity contribution >= 4 is 11.9 Å². The summed E-state index contributed by atoms with van der Waals surface area (Å²) in [5.41, 5.74) is 2.03. The molecule has 33 heavy (non-hydrogen) atoms. The van der Waals surface area contributed by atoms with Gasteiger partial charge in [-0.25, -0.2) is 0 Å². The third-order valence-electron chi connectivity index (χ3n) is 5.34. The molecule has 1 aliphatic rings. The fourth-order valence-corrected chi connectivity index (χ4v) is 3.45. The number of rotatable bonds is 11. The van der Waals surface area contributed by atoms with Crippen molar-refractivity contribution in [3.05, 3.63) is 90.2 Å². The Morgan fingerprint density at radius 3 is 2.58 bits per heavy atom. The highest BCUT2D eigenvalue weighted by Crippen LogP contribution is 2.32. The first-order valence-corrected chi connectivity index (χ1v) is 11.0. The highest BCUT2D eigenvalue weighted by molar-refractivity contribution is 5.95. The van der Waals surface area contributed by atoms with E-state index in [1.165, 1.54) is 0 Å². The number of carboxylic acid groups (broad SMARTS) is 1. The molecule has 1 amide bonds. The summed E-state index contributed by atoms with van der Waals surface area (Å²) in [4.78, 5) is 25.7. The number of nitrogens with zero attached hydrogens (tertiary/aromatic N) is 1. The van der Waals surface area contributed by atoms with Crippen molar-refractivity contribution in [1.82, 2.24) is 4.90 Å². The number of aliphatic carboxylic acids is 1. The number of hydrogen-bond acceptors (Lipinski definition) is 4. The maximum atomic E-state index is 13.4. The number of carbonyl (C=O) groups is 2. The highest BCUT2D eigenvalue weighted by atomic mass is 16.5. The van der Waals surface area contributed by atoms with Crippen LogP contribution in [0, 0.1) is 0 Å². The van der Waals surface area contributed by atoms with Gasteiger partial charge in [0.1, 0.15) is 18.1 Å². The molecule has 6 nitrogen and oxygen atoms in total. The molecule has 1 fully saturated rings. The van der Waals surface area contributed by atoms with Crippen molar-refractivity contribution in [2.24, 2.45) is 0 Å². The first-order valence-electron chi connectivity index (χ1n) is 11.6. The predicted molar refractivity (Wildman–Crippen MR) is 125 cm³/mol. The second-order valence-electron chi connectivity index (χ2n) is 7.88. The van der Waals surface area contributed by atoms with Crippen LogP contribution in [0.15, 0.2) is 83.5 Å². The number of carbonyl (C=O) groups excluding carboxylic acids is 1. The average Bonchev–Trinajstić information content (AvgIpc) is 3.52. The van der Waals surface area contributed by atoms with E-state index in [4.69, 9.17) is 15.6 Å². The van der Waals surface area contributed by atoms with Crippen LogP contribution in [0.25, 0.3) is 11.3 Å². The van der Waals surface area contributed by atoms with Crippen molar-refractivity contribution in [1.29, 1.82) is 0 Å². The summed E-state index contributed by atoms with van der Waals surface area (Å²) in [7, 11) is 0. The summed E-state index contributed by atoms with van der Waals surface area (Å²) >= 11 is 0. The zero-order valence-electron chi connectivity index (χ0n) is 19.2. The lowest BCUT2D eigenvalue weighted by Gasteiger charge is -2.24. The maximum Gasteiger partial charge on any atom is 0.303 e. The van der Waals surface area contributed by atoms with Crippen molar-refractivity contribution in [2.75, 3.05) is 6.61 Å². The van der Waals surface area contributed by atoms with E-state index in [0.29, 0.717) is 23.3 Å². The van der Waals surface area contributed by atoms with Gasteiger partial charge < -0.3 is 19.2 Å². The summed E-state index contributed by atoms with van der Waals surface area (Å²) < 4.78 is 20.2. The molecule has 0 saturated heterocycles. The van der Waals surface area contributed by atoms with E-state index >= 15 is 0 Å². The van der Waals surface area contributed by atoms with Crippen LogP contribution in [0.4, 0.5) is 0 Å². The van der Waals surface area contributed by atoms with Crippen LogP contribution < -0.4 is 4.74 Å². The predicted octanol–water partition coefficient (Wildman–Crippen LogP) is 5.55. The largest absolute Gasteiger partial charge is 0.489 e. The van der Waals surface area contributed by atoms with Crippen molar-refractivity contribution in [3.8, 4) is 17.1 Å². The van der Waals surface area contributed by atoms with Gasteiger partial charge in [0.15, 0.2) is 0 Å². The molecule has 0 bridgehead atoms. The van der Waals surface area contributed by atoms with Crippen LogP contribution in [0.5, 0.6) is 5.75 Å². The summed E-state index contributed by atoms with van der Waals surface area (Å²) in [6, 6.07) is 18.2. The molecule has 1 aromatic heterocycles. The molecule has 1 unspecified atom stereocenters. The van der Waals surface area contributed by atoms with Gasteiger partial charge in [-0.05, 0) is 49.6 Å². The summed E-state index contributed by atoms with van der Waals surface area (Å²) in [6.45, 7) is -0.647. The Kier molecular flexibility index (Phi) is 6.82. The summed E-state index contributed by atoms with van der Waals surface area (Å²) in [6.07, 6.45) is 7.40. The minimum absolute atomic E-state index is 0.0312. The molecule has 1 aliphatic carbocycles. The number of hydrogen-bond donors (Lipinski definition) is 1. The lowest BCUT2D eigenvalue weighted by molar-refractivity contribution is -0.136. The first kappa shape index (κ1) is 21.1. The molecule has 4 rings (SSSR count). The standard InChI is InChI=1S/C27H27NO5/c29-26(30)10-2-1-5-17-32-25-8-4-3-7-22(25)19-28(23-15-16-23)27(31)21-13-11-20(12-14-21)24-9-6-18-33-24/h1,3-9,11-14,18,23H,2,10,15-17,19H2,(H,29,30)/b5-1-/i19D. The topological polar surface area (TPSA) is 80.0 Å². The van der Waals surface area contributed by atoms with Crippen LogP contribution in [0.3, 0.4) is 0 Å². The lowest BCUT2D eigenvalue weighted by Crippen LogP contribution is -2.32. The van der Waals surface area contributed by atoms with E-state index in [1.54, 1.807) is 41.5 Å². The zero-order chi connectivity index (χ0) is 23.9. The fraction of sp³-hybridized carbons (Fsp3) is 0.259. The molecular formula is C27H27NO5. The van der Waals surface area contributed by atoms with E-state index in [-0.39, 0.29) is 25.0 Å². The van der Waals surface area contributed by atoms with Crippen LogP contribution >= 0.6 is 0 Å². The number of carboxylic acids is 1. The van der Waals surface area contributed by atoms with Crippen molar-refractivity contribution in [2.45, 2.75) is 38.2 Å². The van der Waals surface area contributed by atoms with Gasteiger partial charge in [0.25, 0.3) is 5.91 Å². The number of benzene rings is 2. The number of ether oxygens (including phenoxy) is 1. The van der Waals surface area contributed by atoms with Gasteiger partial charge in [-0.2, -0.15) is 0 Å². The first-order chi connectivity index (χ1) is 16.5. The normalized spacial score (nSPS) is 14.6. The quantitative estimate of drug-likeness (QED) is 0.391. The molecule has 0 radical (unpaired) electrons. The molecule has 1 heterocycles.